The molecular weight excluding hydrogens is 236 g/mol. The first-order chi connectivity index (χ1) is 8.22. The van der Waals surface area contributed by atoms with Gasteiger partial charge in [0.25, 0.3) is 0 Å². The number of imidazole rings is 1. The summed E-state index contributed by atoms with van der Waals surface area (Å²) in [6.07, 6.45) is 7.50. The van der Waals surface area contributed by atoms with Crippen LogP contribution in [0.2, 0.25) is 5.15 Å². The van der Waals surface area contributed by atoms with Crippen LogP contribution in [0, 0.1) is 0 Å². The van der Waals surface area contributed by atoms with Crippen LogP contribution in [0.15, 0.2) is 24.3 Å². The molecule has 0 aliphatic rings. The van der Waals surface area contributed by atoms with Crippen LogP contribution < -0.4 is 0 Å². The molecule has 0 aliphatic carbocycles. The maximum atomic E-state index is 6.05. The fraction of sp³-hybridized carbons (Fsp3) is 0.417. The number of rotatable bonds is 4. The number of aromatic nitrogens is 4. The van der Waals surface area contributed by atoms with Gasteiger partial charge in [0, 0.05) is 6.54 Å². The van der Waals surface area contributed by atoms with Crippen molar-refractivity contribution in [2.45, 2.75) is 33.2 Å². The third-order valence-corrected chi connectivity index (χ3v) is 2.94. The van der Waals surface area contributed by atoms with Gasteiger partial charge in [-0.15, -0.1) is 0 Å². The van der Waals surface area contributed by atoms with E-state index in [4.69, 9.17) is 11.6 Å². The molecular formula is C12H15ClN4. The fourth-order valence-electron chi connectivity index (χ4n) is 1.79. The molecule has 0 saturated carbocycles. The van der Waals surface area contributed by atoms with Crippen LogP contribution in [0.5, 0.6) is 0 Å². The van der Waals surface area contributed by atoms with Crippen molar-refractivity contribution in [3.8, 4) is 0 Å². The third kappa shape index (κ3) is 2.64. The van der Waals surface area contributed by atoms with Crippen LogP contribution in [0.1, 0.15) is 26.7 Å². The highest BCUT2D eigenvalue weighted by molar-refractivity contribution is 6.33. The average molecular weight is 251 g/mol. The maximum Gasteiger partial charge on any atom is 0.182 e. The molecule has 2 heterocycles. The van der Waals surface area contributed by atoms with E-state index < -0.39 is 0 Å². The molecule has 90 valence electrons. The predicted octanol–water partition coefficient (Wildman–Crippen LogP) is 3.23. The van der Waals surface area contributed by atoms with Crippen molar-refractivity contribution in [3.63, 3.8) is 0 Å². The van der Waals surface area contributed by atoms with Gasteiger partial charge in [-0.2, -0.15) is 0 Å². The number of fused-ring (bicyclic) bond motifs is 1. The first-order valence-electron chi connectivity index (χ1n) is 5.69. The van der Waals surface area contributed by atoms with Crippen LogP contribution >= 0.6 is 11.6 Å². The predicted molar refractivity (Wildman–Crippen MR) is 69.0 cm³/mol. The van der Waals surface area contributed by atoms with Gasteiger partial charge >= 0.3 is 0 Å². The van der Waals surface area contributed by atoms with Crippen molar-refractivity contribution in [3.05, 3.63) is 29.5 Å². The second-order valence-corrected chi connectivity index (χ2v) is 4.34. The number of aryl methyl sites for hydroxylation is 1. The topological polar surface area (TPSA) is 43.6 Å². The van der Waals surface area contributed by atoms with Gasteiger partial charge in [-0.05, 0) is 19.8 Å². The molecule has 5 heteroatoms. The minimum absolute atomic E-state index is 0.463. The highest BCUT2D eigenvalue weighted by Gasteiger charge is 2.08. The zero-order valence-electron chi connectivity index (χ0n) is 10.0. The second-order valence-electron chi connectivity index (χ2n) is 3.98. The lowest BCUT2D eigenvalue weighted by Gasteiger charge is -2.05. The Kier molecular flexibility index (Phi) is 3.74. The summed E-state index contributed by atoms with van der Waals surface area (Å²) in [5.41, 5.74) is 2.85. The molecule has 0 bridgehead atoms. The molecule has 0 aliphatic heterocycles. The summed E-state index contributed by atoms with van der Waals surface area (Å²) in [4.78, 5) is 12.3. The summed E-state index contributed by atoms with van der Waals surface area (Å²) in [5.74, 6) is 0. The Morgan fingerprint density at radius 2 is 2.24 bits per heavy atom. The molecule has 4 nitrogen and oxygen atoms in total. The minimum Gasteiger partial charge on any atom is -0.326 e. The van der Waals surface area contributed by atoms with E-state index in [-0.39, 0.29) is 0 Å². The van der Waals surface area contributed by atoms with Gasteiger partial charge in [0.05, 0.1) is 6.33 Å². The molecule has 2 aromatic rings. The zero-order valence-corrected chi connectivity index (χ0v) is 10.8. The molecule has 0 N–H and O–H groups in total. The Morgan fingerprint density at radius 3 is 3.00 bits per heavy atom. The Bertz CT molecular complexity index is 544. The van der Waals surface area contributed by atoms with Crippen molar-refractivity contribution in [1.82, 2.24) is 19.5 Å². The summed E-state index contributed by atoms with van der Waals surface area (Å²) in [6, 6.07) is 0. The van der Waals surface area contributed by atoms with E-state index in [9.17, 15) is 0 Å². The first-order valence-corrected chi connectivity index (χ1v) is 6.07. The summed E-state index contributed by atoms with van der Waals surface area (Å²) in [5, 5.41) is 0.463. The van der Waals surface area contributed by atoms with Crippen LogP contribution in [0.25, 0.3) is 11.2 Å². The Hall–Kier alpha value is -1.42. The summed E-state index contributed by atoms with van der Waals surface area (Å²) in [7, 11) is 0. The Labute approximate surface area is 105 Å². The molecule has 0 amide bonds. The van der Waals surface area contributed by atoms with E-state index in [0.717, 1.165) is 24.9 Å². The van der Waals surface area contributed by atoms with E-state index >= 15 is 0 Å². The monoisotopic (exact) mass is 250 g/mol. The molecule has 0 radical (unpaired) electrons. The molecule has 2 aromatic heterocycles. The summed E-state index contributed by atoms with van der Waals surface area (Å²) < 4.78 is 2.00. The van der Waals surface area contributed by atoms with Crippen molar-refractivity contribution < 1.29 is 0 Å². The van der Waals surface area contributed by atoms with Gasteiger partial charge in [0.1, 0.15) is 11.8 Å². The lowest BCUT2D eigenvalue weighted by molar-refractivity contribution is 0.708. The summed E-state index contributed by atoms with van der Waals surface area (Å²) >= 11 is 6.05. The van der Waals surface area contributed by atoms with Crippen LogP contribution in [0.3, 0.4) is 0 Å². The van der Waals surface area contributed by atoms with Crippen molar-refractivity contribution >= 4 is 22.8 Å². The zero-order chi connectivity index (χ0) is 12.3. The second kappa shape index (κ2) is 5.27. The number of hydrogen-bond donors (Lipinski definition) is 0. The maximum absolute atomic E-state index is 6.05. The van der Waals surface area contributed by atoms with Crippen LogP contribution in [-0.4, -0.2) is 19.5 Å². The highest BCUT2D eigenvalue weighted by atomic mass is 35.5. The van der Waals surface area contributed by atoms with E-state index in [1.165, 1.54) is 11.9 Å². The standard InChI is InChI=1S/C12H15ClN4/c1-3-4-9(2)5-6-17-8-16-12-10(17)11(13)14-7-15-12/h4,7-8H,3,5-6H2,1-2H3/b9-4+. The summed E-state index contributed by atoms with van der Waals surface area (Å²) in [6.45, 7) is 5.13. The Morgan fingerprint density at radius 1 is 1.41 bits per heavy atom. The molecule has 0 atom stereocenters. The van der Waals surface area contributed by atoms with Crippen LogP contribution in [-0.2, 0) is 6.54 Å². The average Bonchev–Trinajstić information content (AvgIpc) is 2.71. The van der Waals surface area contributed by atoms with Gasteiger partial charge in [-0.1, -0.05) is 30.2 Å². The molecule has 0 saturated heterocycles. The van der Waals surface area contributed by atoms with Crippen LogP contribution in [0.4, 0.5) is 0 Å². The number of nitrogens with zero attached hydrogens (tertiary/aromatic N) is 4. The van der Waals surface area contributed by atoms with Crippen molar-refractivity contribution in [2.24, 2.45) is 0 Å². The molecule has 0 spiro atoms. The quantitative estimate of drug-likeness (QED) is 0.618. The number of halogens is 1. The van der Waals surface area contributed by atoms with Gasteiger partial charge in [-0.25, -0.2) is 15.0 Å². The van der Waals surface area contributed by atoms with E-state index in [2.05, 4.69) is 34.9 Å². The van der Waals surface area contributed by atoms with Gasteiger partial charge in [0.15, 0.2) is 10.8 Å². The van der Waals surface area contributed by atoms with E-state index in [1.54, 1.807) is 6.33 Å². The SMILES string of the molecule is CC/C=C(\C)CCn1cnc2ncnc(Cl)c21. The first kappa shape index (κ1) is 12.0. The highest BCUT2D eigenvalue weighted by Crippen LogP contribution is 2.19. The van der Waals surface area contributed by atoms with E-state index in [0.29, 0.717) is 10.8 Å². The van der Waals surface area contributed by atoms with Gasteiger partial charge in [0.2, 0.25) is 0 Å². The lowest BCUT2D eigenvalue weighted by Crippen LogP contribution is -1.98. The normalized spacial score (nSPS) is 12.3. The fourth-order valence-corrected chi connectivity index (χ4v) is 2.03. The lowest BCUT2D eigenvalue weighted by atomic mass is 10.2. The third-order valence-electron chi connectivity index (χ3n) is 2.66. The Balaban J connectivity index is 2.22. The molecule has 2 rings (SSSR count). The minimum atomic E-state index is 0.463. The van der Waals surface area contributed by atoms with Crippen molar-refractivity contribution in [1.29, 1.82) is 0 Å². The number of hydrogen-bond acceptors (Lipinski definition) is 3. The molecule has 0 unspecified atom stereocenters. The van der Waals surface area contributed by atoms with Gasteiger partial charge < -0.3 is 4.57 Å². The molecule has 0 aromatic carbocycles. The largest absolute Gasteiger partial charge is 0.326 e. The molecule has 0 fully saturated rings. The van der Waals surface area contributed by atoms with E-state index in [1.807, 2.05) is 4.57 Å². The smallest absolute Gasteiger partial charge is 0.182 e. The molecule has 17 heavy (non-hydrogen) atoms. The van der Waals surface area contributed by atoms with Gasteiger partial charge in [-0.3, -0.25) is 0 Å². The van der Waals surface area contributed by atoms with Crippen molar-refractivity contribution in [2.75, 3.05) is 0 Å². The number of allylic oxidation sites excluding steroid dienone is 2.